The van der Waals surface area contributed by atoms with E-state index in [0.29, 0.717) is 28.1 Å². The molecular formula is C16H14N4O4S. The highest BCUT2D eigenvalue weighted by Gasteiger charge is 2.14. The van der Waals surface area contributed by atoms with Gasteiger partial charge in [0.15, 0.2) is 0 Å². The van der Waals surface area contributed by atoms with Crippen molar-refractivity contribution < 1.29 is 14.1 Å². The summed E-state index contributed by atoms with van der Waals surface area (Å²) in [4.78, 5) is 14.4. The van der Waals surface area contributed by atoms with Gasteiger partial charge in [-0.25, -0.2) is 4.98 Å². The summed E-state index contributed by atoms with van der Waals surface area (Å²) >= 11 is 1.18. The minimum absolute atomic E-state index is 0.0485. The van der Waals surface area contributed by atoms with E-state index in [2.05, 4.69) is 15.2 Å². The average molecular weight is 358 g/mol. The molecule has 1 aromatic carbocycles. The van der Waals surface area contributed by atoms with Gasteiger partial charge in [0.25, 0.3) is 10.9 Å². The molecule has 128 valence electrons. The zero-order valence-corrected chi connectivity index (χ0v) is 14.3. The molecule has 0 aliphatic rings. The monoisotopic (exact) mass is 358 g/mol. The van der Waals surface area contributed by atoms with Crippen molar-refractivity contribution in [1.82, 2.24) is 15.2 Å². The van der Waals surface area contributed by atoms with Crippen LogP contribution in [0.25, 0.3) is 0 Å². The van der Waals surface area contributed by atoms with Crippen LogP contribution in [0.2, 0.25) is 0 Å². The normalized spacial score (nSPS) is 10.6. The Balaban J connectivity index is 1.70. The molecule has 0 unspecified atom stereocenters. The van der Waals surface area contributed by atoms with Gasteiger partial charge in [0.2, 0.25) is 5.89 Å². The first-order valence-corrected chi connectivity index (χ1v) is 8.11. The zero-order chi connectivity index (χ0) is 17.8. The summed E-state index contributed by atoms with van der Waals surface area (Å²) in [6, 6.07) is 9.05. The third-order valence-corrected chi connectivity index (χ3v) is 4.33. The molecule has 3 rings (SSSR count). The molecule has 0 spiro atoms. The summed E-state index contributed by atoms with van der Waals surface area (Å²) < 4.78 is 10.7. The second kappa shape index (κ2) is 7.31. The van der Waals surface area contributed by atoms with Gasteiger partial charge in [0.05, 0.1) is 18.5 Å². The van der Waals surface area contributed by atoms with Crippen molar-refractivity contribution in [3.05, 3.63) is 63.7 Å². The largest absolute Gasteiger partial charge is 0.497 e. The van der Waals surface area contributed by atoms with Gasteiger partial charge < -0.3 is 9.15 Å². The van der Waals surface area contributed by atoms with Gasteiger partial charge in [-0.05, 0) is 41.9 Å². The molecule has 9 heteroatoms. The number of benzene rings is 1. The fourth-order valence-electron chi connectivity index (χ4n) is 2.11. The van der Waals surface area contributed by atoms with Crippen LogP contribution < -0.4 is 4.74 Å². The standard InChI is InChI=1S/C16H14N4O4S/c1-10-7-12(20(21)22)9-17-15(10)25-16-19-18-14(24-16)8-11-3-5-13(23-2)6-4-11/h3-7,9H,8H2,1-2H3. The number of hydrogen-bond acceptors (Lipinski definition) is 8. The van der Waals surface area contributed by atoms with E-state index in [1.54, 1.807) is 14.0 Å². The third kappa shape index (κ3) is 4.13. The van der Waals surface area contributed by atoms with Gasteiger partial charge in [0, 0.05) is 6.07 Å². The number of methoxy groups -OCH3 is 1. The van der Waals surface area contributed by atoms with Crippen LogP contribution in [0.5, 0.6) is 5.75 Å². The topological polar surface area (TPSA) is 104 Å². The van der Waals surface area contributed by atoms with Crippen molar-refractivity contribution in [2.75, 3.05) is 7.11 Å². The van der Waals surface area contributed by atoms with Gasteiger partial charge in [-0.1, -0.05) is 12.1 Å². The van der Waals surface area contributed by atoms with E-state index in [4.69, 9.17) is 9.15 Å². The second-order valence-electron chi connectivity index (χ2n) is 5.16. The predicted octanol–water partition coefficient (Wildman–Crippen LogP) is 3.43. The van der Waals surface area contributed by atoms with E-state index in [-0.39, 0.29) is 5.69 Å². The van der Waals surface area contributed by atoms with E-state index in [9.17, 15) is 10.1 Å². The van der Waals surface area contributed by atoms with Crippen molar-refractivity contribution in [3.8, 4) is 5.75 Å². The highest BCUT2D eigenvalue weighted by atomic mass is 32.2. The first kappa shape index (κ1) is 16.9. The summed E-state index contributed by atoms with van der Waals surface area (Å²) in [5.74, 6) is 1.26. The minimum Gasteiger partial charge on any atom is -0.497 e. The Morgan fingerprint density at radius 1 is 1.28 bits per heavy atom. The fraction of sp³-hybridized carbons (Fsp3) is 0.188. The van der Waals surface area contributed by atoms with Gasteiger partial charge in [-0.2, -0.15) is 0 Å². The summed E-state index contributed by atoms with van der Waals surface area (Å²) in [6.07, 6.45) is 1.72. The molecule has 0 aliphatic heterocycles. The Morgan fingerprint density at radius 3 is 2.68 bits per heavy atom. The number of rotatable bonds is 6. The molecule has 0 saturated carbocycles. The zero-order valence-electron chi connectivity index (χ0n) is 13.5. The second-order valence-corrected chi connectivity index (χ2v) is 6.10. The van der Waals surface area contributed by atoms with Gasteiger partial charge in [-0.15, -0.1) is 10.2 Å². The lowest BCUT2D eigenvalue weighted by molar-refractivity contribution is -0.385. The maximum Gasteiger partial charge on any atom is 0.287 e. The van der Waals surface area contributed by atoms with Crippen LogP contribution in [0, 0.1) is 17.0 Å². The first-order valence-electron chi connectivity index (χ1n) is 7.29. The molecule has 0 radical (unpaired) electrons. The van der Waals surface area contributed by atoms with Crippen LogP contribution in [-0.4, -0.2) is 27.2 Å². The molecule has 2 heterocycles. The van der Waals surface area contributed by atoms with Gasteiger partial charge in [0.1, 0.15) is 17.0 Å². The van der Waals surface area contributed by atoms with E-state index in [1.165, 1.54) is 24.0 Å². The van der Waals surface area contributed by atoms with E-state index in [0.717, 1.165) is 11.3 Å². The lowest BCUT2D eigenvalue weighted by atomic mass is 10.1. The van der Waals surface area contributed by atoms with Gasteiger partial charge in [-0.3, -0.25) is 10.1 Å². The smallest absolute Gasteiger partial charge is 0.287 e. The minimum atomic E-state index is -0.478. The molecule has 0 N–H and O–H groups in total. The lowest BCUT2D eigenvalue weighted by Gasteiger charge is -2.01. The Hall–Kier alpha value is -2.94. The number of aryl methyl sites for hydroxylation is 1. The van der Waals surface area contributed by atoms with Crippen molar-refractivity contribution >= 4 is 17.4 Å². The molecule has 3 aromatic rings. The van der Waals surface area contributed by atoms with Crippen LogP contribution in [0.1, 0.15) is 17.0 Å². The van der Waals surface area contributed by atoms with E-state index in [1.807, 2.05) is 24.3 Å². The van der Waals surface area contributed by atoms with Crippen molar-refractivity contribution in [1.29, 1.82) is 0 Å². The van der Waals surface area contributed by atoms with Gasteiger partial charge >= 0.3 is 0 Å². The van der Waals surface area contributed by atoms with Crippen molar-refractivity contribution in [2.45, 2.75) is 23.6 Å². The van der Waals surface area contributed by atoms with Crippen LogP contribution in [0.4, 0.5) is 5.69 Å². The van der Waals surface area contributed by atoms with Crippen LogP contribution in [-0.2, 0) is 6.42 Å². The predicted molar refractivity (Wildman–Crippen MR) is 89.8 cm³/mol. The van der Waals surface area contributed by atoms with Crippen molar-refractivity contribution in [3.63, 3.8) is 0 Å². The Morgan fingerprint density at radius 2 is 2.04 bits per heavy atom. The number of pyridine rings is 1. The number of aromatic nitrogens is 3. The Bertz CT molecular complexity index is 895. The maximum absolute atomic E-state index is 10.8. The van der Waals surface area contributed by atoms with Crippen LogP contribution in [0.3, 0.4) is 0 Å². The SMILES string of the molecule is COc1ccc(Cc2nnc(Sc3ncc([N+](=O)[O-])cc3C)o2)cc1. The molecular weight excluding hydrogens is 344 g/mol. The highest BCUT2D eigenvalue weighted by molar-refractivity contribution is 7.99. The fourth-order valence-corrected chi connectivity index (χ4v) is 2.82. The molecule has 0 fully saturated rings. The summed E-state index contributed by atoms with van der Waals surface area (Å²) in [7, 11) is 1.62. The average Bonchev–Trinajstić information content (AvgIpc) is 3.04. The molecule has 0 saturated heterocycles. The third-order valence-electron chi connectivity index (χ3n) is 3.37. The quantitative estimate of drug-likeness (QED) is 0.487. The molecule has 2 aromatic heterocycles. The molecule has 0 aliphatic carbocycles. The highest BCUT2D eigenvalue weighted by Crippen LogP contribution is 2.29. The molecule has 25 heavy (non-hydrogen) atoms. The van der Waals surface area contributed by atoms with E-state index >= 15 is 0 Å². The molecule has 0 atom stereocenters. The Labute approximate surface area is 147 Å². The first-order chi connectivity index (χ1) is 12.0. The number of nitro groups is 1. The summed E-state index contributed by atoms with van der Waals surface area (Å²) in [5.41, 5.74) is 1.65. The summed E-state index contributed by atoms with van der Waals surface area (Å²) in [6.45, 7) is 1.75. The number of ether oxygens (including phenoxy) is 1. The Kier molecular flexibility index (Phi) is 4.94. The number of hydrogen-bond donors (Lipinski definition) is 0. The van der Waals surface area contributed by atoms with Crippen molar-refractivity contribution in [2.24, 2.45) is 0 Å². The lowest BCUT2D eigenvalue weighted by Crippen LogP contribution is -1.92. The van der Waals surface area contributed by atoms with Crippen LogP contribution in [0.15, 0.2) is 51.2 Å². The molecule has 0 amide bonds. The maximum atomic E-state index is 10.8. The molecule has 8 nitrogen and oxygen atoms in total. The molecule has 0 bridgehead atoms. The number of nitrogens with zero attached hydrogens (tertiary/aromatic N) is 4. The van der Waals surface area contributed by atoms with Crippen LogP contribution >= 0.6 is 11.8 Å². The van der Waals surface area contributed by atoms with E-state index < -0.39 is 4.92 Å². The summed E-state index contributed by atoms with van der Waals surface area (Å²) in [5, 5.41) is 19.7.